The lowest BCUT2D eigenvalue weighted by Gasteiger charge is -2.19. The first-order chi connectivity index (χ1) is 7.13. The van der Waals surface area contributed by atoms with Gasteiger partial charge in [-0.25, -0.2) is 4.98 Å². The van der Waals surface area contributed by atoms with E-state index in [4.69, 9.17) is 10.7 Å². The van der Waals surface area contributed by atoms with Gasteiger partial charge in [0.2, 0.25) is 0 Å². The first-order valence-corrected chi connectivity index (χ1v) is 7.34. The summed E-state index contributed by atoms with van der Waals surface area (Å²) in [5.74, 6) is 1.29. The van der Waals surface area contributed by atoms with Crippen LogP contribution >= 0.6 is 23.1 Å². The van der Waals surface area contributed by atoms with E-state index < -0.39 is 0 Å². The third-order valence-electron chi connectivity index (χ3n) is 2.93. The molecule has 1 aromatic rings. The predicted octanol–water partition coefficient (Wildman–Crippen LogP) is 2.95. The van der Waals surface area contributed by atoms with Gasteiger partial charge in [0.25, 0.3) is 0 Å². The maximum atomic E-state index is 5.76. The highest BCUT2D eigenvalue weighted by Gasteiger charge is 2.25. The van der Waals surface area contributed by atoms with Crippen LogP contribution in [0.4, 0.5) is 0 Å². The van der Waals surface area contributed by atoms with E-state index in [9.17, 15) is 0 Å². The quantitative estimate of drug-likeness (QED) is 0.885. The van der Waals surface area contributed by atoms with Crippen molar-refractivity contribution in [1.82, 2.24) is 4.98 Å². The molecule has 2 heterocycles. The van der Waals surface area contributed by atoms with E-state index in [0.717, 1.165) is 5.69 Å². The molecule has 1 unspecified atom stereocenters. The van der Waals surface area contributed by atoms with Crippen LogP contribution in [0, 0.1) is 0 Å². The van der Waals surface area contributed by atoms with E-state index in [0.29, 0.717) is 11.8 Å². The second-order valence-corrected chi connectivity index (χ2v) is 6.86. The van der Waals surface area contributed by atoms with Crippen LogP contribution < -0.4 is 5.73 Å². The van der Waals surface area contributed by atoms with Gasteiger partial charge in [-0.05, 0) is 18.6 Å². The minimum Gasteiger partial charge on any atom is -0.330 e. The van der Waals surface area contributed by atoms with Crippen LogP contribution in [0.2, 0.25) is 0 Å². The summed E-state index contributed by atoms with van der Waals surface area (Å²) in [6.45, 7) is 4.98. The van der Waals surface area contributed by atoms with Crippen molar-refractivity contribution in [2.45, 2.75) is 37.4 Å². The third-order valence-corrected chi connectivity index (χ3v) is 5.42. The minimum atomic E-state index is 0.0258. The van der Waals surface area contributed by atoms with Gasteiger partial charge >= 0.3 is 0 Å². The van der Waals surface area contributed by atoms with Gasteiger partial charge in [-0.3, -0.25) is 0 Å². The monoisotopic (exact) mass is 242 g/mol. The van der Waals surface area contributed by atoms with Crippen LogP contribution in [0.1, 0.15) is 42.6 Å². The molecular weight excluding hydrogens is 224 g/mol. The van der Waals surface area contributed by atoms with Gasteiger partial charge in [0.05, 0.1) is 10.9 Å². The summed E-state index contributed by atoms with van der Waals surface area (Å²) in [5, 5.41) is 4.13. The van der Waals surface area contributed by atoms with Crippen molar-refractivity contribution >= 4 is 23.1 Å². The molecule has 4 heteroatoms. The fraction of sp³-hybridized carbons (Fsp3) is 0.727. The second kappa shape index (κ2) is 4.44. The zero-order valence-electron chi connectivity index (χ0n) is 9.32. The SMILES string of the molecule is CC(C)(CN)c1csc(C2CCCS2)n1. The Morgan fingerprint density at radius 2 is 2.40 bits per heavy atom. The molecule has 1 saturated heterocycles. The maximum Gasteiger partial charge on any atom is 0.106 e. The highest BCUT2D eigenvalue weighted by Crippen LogP contribution is 2.41. The average molecular weight is 242 g/mol. The van der Waals surface area contributed by atoms with Crippen LogP contribution in [-0.2, 0) is 5.41 Å². The summed E-state index contributed by atoms with van der Waals surface area (Å²) in [7, 11) is 0. The minimum absolute atomic E-state index is 0.0258. The standard InChI is InChI=1S/C11H18N2S2/c1-11(2,7-12)9-6-15-10(13-9)8-4-3-5-14-8/h6,8H,3-5,7,12H2,1-2H3. The molecule has 84 valence electrons. The number of thioether (sulfide) groups is 1. The number of thiazole rings is 1. The maximum absolute atomic E-state index is 5.76. The molecule has 0 aromatic carbocycles. The van der Waals surface area contributed by atoms with Crippen LogP contribution in [0.5, 0.6) is 0 Å². The summed E-state index contributed by atoms with van der Waals surface area (Å²) in [4.78, 5) is 4.75. The summed E-state index contributed by atoms with van der Waals surface area (Å²) in [6.07, 6.45) is 2.63. The second-order valence-electron chi connectivity index (χ2n) is 4.66. The Hall–Kier alpha value is -0.0600. The zero-order valence-corrected chi connectivity index (χ0v) is 11.0. The Kier molecular flexibility index (Phi) is 3.38. The Morgan fingerprint density at radius 1 is 1.60 bits per heavy atom. The van der Waals surface area contributed by atoms with Crippen molar-refractivity contribution in [2.24, 2.45) is 5.73 Å². The van der Waals surface area contributed by atoms with Gasteiger partial charge in [0.1, 0.15) is 5.01 Å². The number of nitrogens with zero attached hydrogens (tertiary/aromatic N) is 1. The molecule has 0 radical (unpaired) electrons. The fourth-order valence-corrected chi connectivity index (χ4v) is 4.17. The van der Waals surface area contributed by atoms with Gasteiger partial charge in [-0.15, -0.1) is 11.3 Å². The van der Waals surface area contributed by atoms with Crippen molar-refractivity contribution in [2.75, 3.05) is 12.3 Å². The Morgan fingerprint density at radius 3 is 3.00 bits per heavy atom. The number of nitrogens with two attached hydrogens (primary N) is 1. The first kappa shape index (κ1) is 11.4. The lowest BCUT2D eigenvalue weighted by molar-refractivity contribution is 0.523. The molecule has 0 bridgehead atoms. The van der Waals surface area contributed by atoms with E-state index in [-0.39, 0.29) is 5.41 Å². The molecule has 0 saturated carbocycles. The van der Waals surface area contributed by atoms with Crippen molar-refractivity contribution in [1.29, 1.82) is 0 Å². The molecular formula is C11H18N2S2. The smallest absolute Gasteiger partial charge is 0.106 e. The van der Waals surface area contributed by atoms with E-state index in [1.54, 1.807) is 11.3 Å². The van der Waals surface area contributed by atoms with E-state index >= 15 is 0 Å². The molecule has 1 aliphatic heterocycles. The zero-order chi connectivity index (χ0) is 10.9. The van der Waals surface area contributed by atoms with Gasteiger partial charge in [-0.2, -0.15) is 11.8 Å². The average Bonchev–Trinajstić information content (AvgIpc) is 2.88. The van der Waals surface area contributed by atoms with Crippen LogP contribution in [0.15, 0.2) is 5.38 Å². The topological polar surface area (TPSA) is 38.9 Å². The molecule has 1 fully saturated rings. The summed E-state index contributed by atoms with van der Waals surface area (Å²) in [6, 6.07) is 0. The Balaban J connectivity index is 2.16. The lowest BCUT2D eigenvalue weighted by atomic mass is 9.90. The van der Waals surface area contributed by atoms with Gasteiger partial charge in [0, 0.05) is 17.3 Å². The molecule has 2 rings (SSSR count). The molecule has 1 atom stereocenters. The highest BCUT2D eigenvalue weighted by molar-refractivity contribution is 7.99. The van der Waals surface area contributed by atoms with Crippen LogP contribution in [-0.4, -0.2) is 17.3 Å². The lowest BCUT2D eigenvalue weighted by Crippen LogP contribution is -2.28. The molecule has 1 aromatic heterocycles. The fourth-order valence-electron chi connectivity index (χ4n) is 1.62. The molecule has 2 N–H and O–H groups in total. The van der Waals surface area contributed by atoms with Crippen LogP contribution in [0.3, 0.4) is 0 Å². The molecule has 0 spiro atoms. The highest BCUT2D eigenvalue weighted by atomic mass is 32.2. The largest absolute Gasteiger partial charge is 0.330 e. The number of aromatic nitrogens is 1. The van der Waals surface area contributed by atoms with Gasteiger partial charge < -0.3 is 5.73 Å². The molecule has 0 amide bonds. The summed E-state index contributed by atoms with van der Waals surface area (Å²) < 4.78 is 0. The molecule has 15 heavy (non-hydrogen) atoms. The normalized spacial score (nSPS) is 22.2. The van der Waals surface area contributed by atoms with Gasteiger partial charge in [-0.1, -0.05) is 13.8 Å². The van der Waals surface area contributed by atoms with E-state index in [1.807, 2.05) is 11.8 Å². The van der Waals surface area contributed by atoms with E-state index in [1.165, 1.54) is 23.6 Å². The third kappa shape index (κ3) is 2.37. The number of hydrogen-bond acceptors (Lipinski definition) is 4. The number of rotatable bonds is 3. The summed E-state index contributed by atoms with van der Waals surface area (Å²) >= 11 is 3.85. The first-order valence-electron chi connectivity index (χ1n) is 5.41. The van der Waals surface area contributed by atoms with Crippen molar-refractivity contribution in [3.05, 3.63) is 16.1 Å². The van der Waals surface area contributed by atoms with Crippen LogP contribution in [0.25, 0.3) is 0 Å². The van der Waals surface area contributed by atoms with Crippen molar-refractivity contribution < 1.29 is 0 Å². The predicted molar refractivity (Wildman–Crippen MR) is 68.6 cm³/mol. The van der Waals surface area contributed by atoms with Crippen molar-refractivity contribution in [3.8, 4) is 0 Å². The van der Waals surface area contributed by atoms with E-state index in [2.05, 4.69) is 19.2 Å². The Bertz CT molecular complexity index is 327. The Labute approximate surface area is 99.7 Å². The number of hydrogen-bond donors (Lipinski definition) is 1. The van der Waals surface area contributed by atoms with Gasteiger partial charge in [0.15, 0.2) is 0 Å². The summed E-state index contributed by atoms with van der Waals surface area (Å²) in [5.41, 5.74) is 6.95. The molecule has 0 aliphatic carbocycles. The molecule has 1 aliphatic rings. The molecule has 2 nitrogen and oxygen atoms in total. The van der Waals surface area contributed by atoms with Crippen molar-refractivity contribution in [3.63, 3.8) is 0 Å².